The first-order chi connectivity index (χ1) is 11.7. The fraction of sp³-hybridized carbons (Fsp3) is 0.579. The number of piperidine rings is 2. The van der Waals surface area contributed by atoms with Gasteiger partial charge in [0.25, 0.3) is 5.91 Å². The molecular formula is C19H25N3O2. The molecule has 3 saturated heterocycles. The molecule has 5 heteroatoms. The van der Waals surface area contributed by atoms with Crippen LogP contribution in [-0.4, -0.2) is 48.9 Å². The number of carbonyl (C=O) groups is 2. The number of hydrogen-bond donors (Lipinski definition) is 1. The molecule has 3 aliphatic rings. The molecule has 0 saturated carbocycles. The quantitative estimate of drug-likeness (QED) is 0.904. The molecule has 0 aliphatic carbocycles. The number of nitrogens with one attached hydrogen (secondary N) is 1. The Morgan fingerprint density at radius 1 is 1.17 bits per heavy atom. The molecule has 128 valence electrons. The molecule has 2 amide bonds. The first-order valence-corrected chi connectivity index (χ1v) is 9.15. The van der Waals surface area contributed by atoms with Crippen molar-refractivity contribution in [2.24, 2.45) is 5.92 Å². The summed E-state index contributed by atoms with van der Waals surface area (Å²) in [5, 5.41) is 3.59. The SMILES string of the molecule is O=C(c1cccc(N2CCCC2=O)c1)N1CC[C@@H]2NCCC[C@@H]2C1. The molecule has 0 spiro atoms. The Kier molecular flexibility index (Phi) is 4.27. The van der Waals surface area contributed by atoms with Crippen molar-refractivity contribution in [3.8, 4) is 0 Å². The number of nitrogens with zero attached hydrogens (tertiary/aromatic N) is 2. The molecule has 2 atom stereocenters. The summed E-state index contributed by atoms with van der Waals surface area (Å²) < 4.78 is 0. The molecule has 1 aromatic carbocycles. The van der Waals surface area contributed by atoms with Gasteiger partial charge in [-0.2, -0.15) is 0 Å². The van der Waals surface area contributed by atoms with Crippen molar-refractivity contribution in [2.75, 3.05) is 31.1 Å². The van der Waals surface area contributed by atoms with E-state index in [1.165, 1.54) is 12.8 Å². The van der Waals surface area contributed by atoms with Crippen LogP contribution in [0.1, 0.15) is 42.5 Å². The van der Waals surface area contributed by atoms with E-state index >= 15 is 0 Å². The van der Waals surface area contributed by atoms with E-state index in [0.29, 0.717) is 23.9 Å². The number of benzene rings is 1. The summed E-state index contributed by atoms with van der Waals surface area (Å²) in [5.41, 5.74) is 1.56. The van der Waals surface area contributed by atoms with Gasteiger partial charge in [0.05, 0.1) is 0 Å². The Morgan fingerprint density at radius 2 is 2.08 bits per heavy atom. The normalized spacial score (nSPS) is 27.2. The highest BCUT2D eigenvalue weighted by Gasteiger charge is 2.33. The van der Waals surface area contributed by atoms with Gasteiger partial charge in [-0.1, -0.05) is 6.07 Å². The third-order valence-corrected chi connectivity index (χ3v) is 5.66. The van der Waals surface area contributed by atoms with E-state index in [-0.39, 0.29) is 11.8 Å². The third kappa shape index (κ3) is 2.93. The molecule has 0 aromatic heterocycles. The second kappa shape index (κ2) is 6.55. The zero-order chi connectivity index (χ0) is 16.5. The molecule has 1 aromatic rings. The summed E-state index contributed by atoms with van der Waals surface area (Å²) in [7, 11) is 0. The molecule has 3 aliphatic heterocycles. The first kappa shape index (κ1) is 15.6. The number of fused-ring (bicyclic) bond motifs is 1. The minimum Gasteiger partial charge on any atom is -0.338 e. The van der Waals surface area contributed by atoms with E-state index < -0.39 is 0 Å². The fourth-order valence-electron chi connectivity index (χ4n) is 4.34. The van der Waals surface area contributed by atoms with Crippen molar-refractivity contribution < 1.29 is 9.59 Å². The maximum absolute atomic E-state index is 12.9. The molecule has 0 bridgehead atoms. The summed E-state index contributed by atoms with van der Waals surface area (Å²) >= 11 is 0. The van der Waals surface area contributed by atoms with Crippen LogP contribution in [0, 0.1) is 5.92 Å². The fourth-order valence-corrected chi connectivity index (χ4v) is 4.34. The van der Waals surface area contributed by atoms with Crippen molar-refractivity contribution >= 4 is 17.5 Å². The zero-order valence-corrected chi connectivity index (χ0v) is 14.0. The molecule has 0 unspecified atom stereocenters. The van der Waals surface area contributed by atoms with Crippen molar-refractivity contribution in [3.05, 3.63) is 29.8 Å². The highest BCUT2D eigenvalue weighted by Crippen LogP contribution is 2.27. The summed E-state index contributed by atoms with van der Waals surface area (Å²) in [6.45, 7) is 3.54. The molecule has 4 rings (SSSR count). The molecule has 3 heterocycles. The number of likely N-dealkylation sites (tertiary alicyclic amines) is 1. The van der Waals surface area contributed by atoms with E-state index in [0.717, 1.165) is 44.7 Å². The van der Waals surface area contributed by atoms with Gasteiger partial charge in [0.2, 0.25) is 5.91 Å². The largest absolute Gasteiger partial charge is 0.338 e. The highest BCUT2D eigenvalue weighted by molar-refractivity contribution is 5.99. The van der Waals surface area contributed by atoms with Crippen LogP contribution in [0.2, 0.25) is 0 Å². The second-order valence-electron chi connectivity index (χ2n) is 7.20. The third-order valence-electron chi connectivity index (χ3n) is 5.66. The van der Waals surface area contributed by atoms with Crippen molar-refractivity contribution in [1.82, 2.24) is 10.2 Å². The van der Waals surface area contributed by atoms with E-state index in [9.17, 15) is 9.59 Å². The van der Waals surface area contributed by atoms with E-state index in [1.807, 2.05) is 29.2 Å². The van der Waals surface area contributed by atoms with Crippen LogP contribution in [0.4, 0.5) is 5.69 Å². The van der Waals surface area contributed by atoms with Crippen LogP contribution in [0.15, 0.2) is 24.3 Å². The number of hydrogen-bond acceptors (Lipinski definition) is 3. The van der Waals surface area contributed by atoms with Crippen molar-refractivity contribution in [2.45, 2.75) is 38.1 Å². The lowest BCUT2D eigenvalue weighted by molar-refractivity contribution is -0.117. The van der Waals surface area contributed by atoms with Gasteiger partial charge in [-0.25, -0.2) is 0 Å². The number of carbonyl (C=O) groups excluding carboxylic acids is 2. The Bertz CT molecular complexity index is 645. The van der Waals surface area contributed by atoms with Gasteiger partial charge in [0, 0.05) is 43.3 Å². The van der Waals surface area contributed by atoms with E-state index in [2.05, 4.69) is 5.32 Å². The van der Waals surface area contributed by atoms with Gasteiger partial charge in [0.15, 0.2) is 0 Å². The number of rotatable bonds is 2. The average Bonchev–Trinajstić information content (AvgIpc) is 3.07. The first-order valence-electron chi connectivity index (χ1n) is 9.15. The Hall–Kier alpha value is -1.88. The molecule has 5 nitrogen and oxygen atoms in total. The van der Waals surface area contributed by atoms with Gasteiger partial charge in [-0.3, -0.25) is 9.59 Å². The highest BCUT2D eigenvalue weighted by atomic mass is 16.2. The summed E-state index contributed by atoms with van der Waals surface area (Å²) in [5.74, 6) is 0.848. The molecule has 1 N–H and O–H groups in total. The van der Waals surface area contributed by atoms with Gasteiger partial charge in [-0.05, 0) is 56.3 Å². The summed E-state index contributed by atoms with van der Waals surface area (Å²) in [6.07, 6.45) is 4.97. The summed E-state index contributed by atoms with van der Waals surface area (Å²) in [4.78, 5) is 28.7. The van der Waals surface area contributed by atoms with Gasteiger partial charge >= 0.3 is 0 Å². The van der Waals surface area contributed by atoms with Gasteiger partial charge < -0.3 is 15.1 Å². The van der Waals surface area contributed by atoms with E-state index in [1.54, 1.807) is 4.90 Å². The van der Waals surface area contributed by atoms with Crippen LogP contribution in [-0.2, 0) is 4.79 Å². The summed E-state index contributed by atoms with van der Waals surface area (Å²) in [6, 6.07) is 8.16. The molecule has 0 radical (unpaired) electrons. The Morgan fingerprint density at radius 3 is 2.92 bits per heavy atom. The predicted octanol–water partition coefficient (Wildman–Crippen LogP) is 2.03. The molecular weight excluding hydrogens is 302 g/mol. The lowest BCUT2D eigenvalue weighted by Gasteiger charge is -2.41. The van der Waals surface area contributed by atoms with E-state index in [4.69, 9.17) is 0 Å². The maximum atomic E-state index is 12.9. The van der Waals surface area contributed by atoms with Crippen LogP contribution in [0.3, 0.4) is 0 Å². The molecule has 24 heavy (non-hydrogen) atoms. The number of amides is 2. The standard InChI is InChI=1S/C19H25N3O2/c23-18-7-3-10-22(18)16-6-1-4-14(12-16)19(24)21-11-8-17-15(13-21)5-2-9-20-17/h1,4,6,12,15,17,20H,2-3,5,7-11,13H2/t15-,17+/m1/s1. The minimum absolute atomic E-state index is 0.104. The van der Waals surface area contributed by atoms with Crippen LogP contribution < -0.4 is 10.2 Å². The van der Waals surface area contributed by atoms with Crippen molar-refractivity contribution in [1.29, 1.82) is 0 Å². The lowest BCUT2D eigenvalue weighted by Crippen LogP contribution is -2.53. The second-order valence-corrected chi connectivity index (χ2v) is 7.20. The van der Waals surface area contributed by atoms with Gasteiger partial charge in [0.1, 0.15) is 0 Å². The van der Waals surface area contributed by atoms with Crippen LogP contribution in [0.25, 0.3) is 0 Å². The number of anilines is 1. The average molecular weight is 327 g/mol. The van der Waals surface area contributed by atoms with Crippen molar-refractivity contribution in [3.63, 3.8) is 0 Å². The topological polar surface area (TPSA) is 52.7 Å². The smallest absolute Gasteiger partial charge is 0.253 e. The Balaban J connectivity index is 1.49. The Labute approximate surface area is 143 Å². The predicted molar refractivity (Wildman–Crippen MR) is 93.1 cm³/mol. The zero-order valence-electron chi connectivity index (χ0n) is 14.0. The van der Waals surface area contributed by atoms with Crippen LogP contribution >= 0.6 is 0 Å². The minimum atomic E-state index is 0.104. The molecule has 3 fully saturated rings. The van der Waals surface area contributed by atoms with Crippen LogP contribution in [0.5, 0.6) is 0 Å². The monoisotopic (exact) mass is 327 g/mol. The van der Waals surface area contributed by atoms with Gasteiger partial charge in [-0.15, -0.1) is 0 Å². The maximum Gasteiger partial charge on any atom is 0.253 e. The lowest BCUT2D eigenvalue weighted by atomic mass is 9.85.